The fraction of sp³-hybridized carbons (Fsp3) is 0.583. The number of nitrogens with zero attached hydrogens (tertiary/aromatic N) is 1. The molecule has 0 aliphatic carbocycles. The average molecular weight is 224 g/mol. The maximum atomic E-state index is 5.67. The molecule has 0 aliphatic rings. The molecule has 1 unspecified atom stereocenters. The molecule has 4 nitrogen and oxygen atoms in total. The number of ether oxygens (including phenoxy) is 2. The van der Waals surface area contributed by atoms with E-state index in [4.69, 9.17) is 9.47 Å². The maximum Gasteiger partial charge on any atom is 0.131 e. The summed E-state index contributed by atoms with van der Waals surface area (Å²) in [5.41, 5.74) is 1.06. The highest BCUT2D eigenvalue weighted by Gasteiger charge is 2.05. The minimum absolute atomic E-state index is 0.102. The zero-order chi connectivity index (χ0) is 11.8. The summed E-state index contributed by atoms with van der Waals surface area (Å²) >= 11 is 0. The van der Waals surface area contributed by atoms with Gasteiger partial charge < -0.3 is 14.8 Å². The summed E-state index contributed by atoms with van der Waals surface area (Å²) in [5.74, 6) is 0.867. The molecule has 1 aromatic rings. The van der Waals surface area contributed by atoms with E-state index >= 15 is 0 Å². The number of rotatable bonds is 7. The van der Waals surface area contributed by atoms with Crippen molar-refractivity contribution >= 4 is 5.82 Å². The Hall–Kier alpha value is -1.13. The van der Waals surface area contributed by atoms with Gasteiger partial charge in [0.25, 0.3) is 0 Å². The summed E-state index contributed by atoms with van der Waals surface area (Å²) < 4.78 is 11.0. The van der Waals surface area contributed by atoms with Crippen molar-refractivity contribution in [3.63, 3.8) is 0 Å². The fourth-order valence-corrected chi connectivity index (χ4v) is 1.34. The Morgan fingerprint density at radius 2 is 2.31 bits per heavy atom. The van der Waals surface area contributed by atoms with Crippen LogP contribution in [0.5, 0.6) is 0 Å². The summed E-state index contributed by atoms with van der Waals surface area (Å²) in [6, 6.07) is 3.92. The maximum absolute atomic E-state index is 5.67. The highest BCUT2D eigenvalue weighted by molar-refractivity contribution is 5.42. The van der Waals surface area contributed by atoms with Crippen LogP contribution in [0, 0.1) is 0 Å². The molecule has 1 heterocycles. The van der Waals surface area contributed by atoms with E-state index < -0.39 is 0 Å². The van der Waals surface area contributed by atoms with Crippen molar-refractivity contribution in [2.45, 2.75) is 26.6 Å². The van der Waals surface area contributed by atoms with Gasteiger partial charge in [-0.2, -0.15) is 0 Å². The Kier molecular flexibility index (Phi) is 5.82. The zero-order valence-electron chi connectivity index (χ0n) is 10.2. The van der Waals surface area contributed by atoms with Crippen LogP contribution in [0.1, 0.15) is 19.4 Å². The lowest BCUT2D eigenvalue weighted by Gasteiger charge is -2.14. The van der Waals surface area contributed by atoms with Crippen LogP contribution in [-0.2, 0) is 16.1 Å². The first kappa shape index (κ1) is 12.9. The summed E-state index contributed by atoms with van der Waals surface area (Å²) in [6.07, 6.45) is 1.86. The minimum Gasteiger partial charge on any atom is -0.379 e. The topological polar surface area (TPSA) is 43.4 Å². The first-order valence-corrected chi connectivity index (χ1v) is 5.59. The predicted octanol–water partition coefficient (Wildman–Crippen LogP) is 2.06. The van der Waals surface area contributed by atoms with Crippen molar-refractivity contribution in [2.75, 3.05) is 25.6 Å². The largest absolute Gasteiger partial charge is 0.379 e. The monoisotopic (exact) mass is 224 g/mol. The van der Waals surface area contributed by atoms with Crippen molar-refractivity contribution in [3.05, 3.63) is 23.9 Å². The van der Waals surface area contributed by atoms with Crippen LogP contribution in [0.15, 0.2) is 18.3 Å². The van der Waals surface area contributed by atoms with Crippen molar-refractivity contribution in [1.82, 2.24) is 4.98 Å². The van der Waals surface area contributed by atoms with E-state index in [0.717, 1.165) is 18.0 Å². The second-order valence-electron chi connectivity index (χ2n) is 3.54. The van der Waals surface area contributed by atoms with Crippen LogP contribution < -0.4 is 5.32 Å². The molecule has 16 heavy (non-hydrogen) atoms. The van der Waals surface area contributed by atoms with Crippen molar-refractivity contribution < 1.29 is 9.47 Å². The smallest absolute Gasteiger partial charge is 0.131 e. The van der Waals surface area contributed by atoms with Gasteiger partial charge in [0.2, 0.25) is 0 Å². The highest BCUT2D eigenvalue weighted by atomic mass is 16.5. The molecule has 0 aliphatic heterocycles. The van der Waals surface area contributed by atoms with Crippen LogP contribution in [0.4, 0.5) is 5.82 Å². The van der Waals surface area contributed by atoms with Gasteiger partial charge in [-0.05, 0) is 19.9 Å². The summed E-state index contributed by atoms with van der Waals surface area (Å²) in [7, 11) is 1.86. The molecule has 1 N–H and O–H groups in total. The third kappa shape index (κ3) is 4.16. The van der Waals surface area contributed by atoms with Crippen LogP contribution >= 0.6 is 0 Å². The molecule has 0 aromatic carbocycles. The Labute approximate surface area is 97.0 Å². The van der Waals surface area contributed by atoms with E-state index in [9.17, 15) is 0 Å². The first-order chi connectivity index (χ1) is 7.77. The second-order valence-corrected chi connectivity index (χ2v) is 3.54. The highest BCUT2D eigenvalue weighted by Crippen LogP contribution is 2.12. The third-order valence-corrected chi connectivity index (χ3v) is 2.21. The Balaban J connectivity index is 2.41. The Bertz CT molecular complexity index is 305. The molecular weight excluding hydrogens is 204 g/mol. The van der Waals surface area contributed by atoms with Crippen LogP contribution in [-0.4, -0.2) is 31.3 Å². The molecule has 0 saturated carbocycles. The summed E-state index contributed by atoms with van der Waals surface area (Å²) in [4.78, 5) is 4.21. The molecule has 1 aromatic heterocycles. The van der Waals surface area contributed by atoms with Gasteiger partial charge in [0.05, 0.1) is 19.3 Å². The molecule has 0 radical (unpaired) electrons. The van der Waals surface area contributed by atoms with E-state index in [-0.39, 0.29) is 6.10 Å². The van der Waals surface area contributed by atoms with E-state index in [1.807, 2.05) is 33.0 Å². The predicted molar refractivity (Wildman–Crippen MR) is 64.5 cm³/mol. The van der Waals surface area contributed by atoms with E-state index in [2.05, 4.69) is 10.3 Å². The van der Waals surface area contributed by atoms with Gasteiger partial charge in [-0.25, -0.2) is 4.98 Å². The van der Waals surface area contributed by atoms with Crippen LogP contribution in [0.25, 0.3) is 0 Å². The SMILES string of the molecule is CCOCC(C)OCc1cccnc1NC. The first-order valence-electron chi connectivity index (χ1n) is 5.59. The molecule has 0 saturated heterocycles. The minimum atomic E-state index is 0.102. The van der Waals surface area contributed by atoms with Crippen LogP contribution in [0.2, 0.25) is 0 Å². The van der Waals surface area contributed by atoms with Crippen molar-refractivity contribution in [3.8, 4) is 0 Å². The molecular formula is C12H20N2O2. The van der Waals surface area contributed by atoms with Gasteiger partial charge in [0.15, 0.2) is 0 Å². The lowest BCUT2D eigenvalue weighted by Crippen LogP contribution is -2.16. The number of anilines is 1. The molecule has 4 heteroatoms. The third-order valence-electron chi connectivity index (χ3n) is 2.21. The van der Waals surface area contributed by atoms with E-state index in [1.165, 1.54) is 0 Å². The van der Waals surface area contributed by atoms with Gasteiger partial charge in [0, 0.05) is 25.4 Å². The molecule has 0 fully saturated rings. The molecule has 90 valence electrons. The summed E-state index contributed by atoms with van der Waals surface area (Å²) in [6.45, 7) is 5.89. The Morgan fingerprint density at radius 1 is 1.50 bits per heavy atom. The lowest BCUT2D eigenvalue weighted by molar-refractivity contribution is -0.0115. The number of nitrogens with one attached hydrogen (secondary N) is 1. The summed E-state index contributed by atoms with van der Waals surface area (Å²) in [5, 5.41) is 3.04. The van der Waals surface area contributed by atoms with Gasteiger partial charge in [-0.1, -0.05) is 6.07 Å². The van der Waals surface area contributed by atoms with Gasteiger partial charge in [-0.15, -0.1) is 0 Å². The normalized spacial score (nSPS) is 12.4. The average Bonchev–Trinajstić information content (AvgIpc) is 2.34. The van der Waals surface area contributed by atoms with Crippen molar-refractivity contribution in [1.29, 1.82) is 0 Å². The second kappa shape index (κ2) is 7.19. The van der Waals surface area contributed by atoms with Gasteiger partial charge in [0.1, 0.15) is 5.82 Å². The molecule has 1 rings (SSSR count). The van der Waals surface area contributed by atoms with Crippen molar-refractivity contribution in [2.24, 2.45) is 0 Å². The number of aromatic nitrogens is 1. The molecule has 0 amide bonds. The lowest BCUT2D eigenvalue weighted by atomic mass is 10.2. The Morgan fingerprint density at radius 3 is 3.00 bits per heavy atom. The van der Waals surface area contributed by atoms with Gasteiger partial charge >= 0.3 is 0 Å². The standard InChI is InChI=1S/C12H20N2O2/c1-4-15-8-10(2)16-9-11-6-5-7-14-12(11)13-3/h5-7,10H,4,8-9H2,1-3H3,(H,13,14). The van der Waals surface area contributed by atoms with E-state index in [0.29, 0.717) is 13.2 Å². The number of hydrogen-bond acceptors (Lipinski definition) is 4. The van der Waals surface area contributed by atoms with E-state index in [1.54, 1.807) is 6.20 Å². The zero-order valence-corrected chi connectivity index (χ0v) is 10.2. The number of hydrogen-bond donors (Lipinski definition) is 1. The molecule has 0 spiro atoms. The molecule has 1 atom stereocenters. The number of pyridine rings is 1. The molecule has 0 bridgehead atoms. The van der Waals surface area contributed by atoms with Crippen LogP contribution in [0.3, 0.4) is 0 Å². The quantitative estimate of drug-likeness (QED) is 0.770. The van der Waals surface area contributed by atoms with Gasteiger partial charge in [-0.3, -0.25) is 0 Å². The fourth-order valence-electron chi connectivity index (χ4n) is 1.34.